The molecule has 6 nitrogen and oxygen atoms in total. The molecule has 0 spiro atoms. The minimum Gasteiger partial charge on any atom is -0.318 e. The number of allylic oxidation sites excluding steroid dienone is 2. The van der Waals surface area contributed by atoms with Gasteiger partial charge in [-0.1, -0.05) is 11.3 Å². The summed E-state index contributed by atoms with van der Waals surface area (Å²) in [7, 11) is 2.08. The molecule has 2 aliphatic heterocycles. The van der Waals surface area contributed by atoms with Gasteiger partial charge in [0.15, 0.2) is 0 Å². The molecule has 3 heterocycles. The molecule has 3 aliphatic rings. The summed E-state index contributed by atoms with van der Waals surface area (Å²) < 4.78 is 0. The number of nitrogens with one attached hydrogen (secondary N) is 2. The average molecular weight is 294 g/mol. The Labute approximate surface area is 129 Å². The highest BCUT2D eigenvalue weighted by Gasteiger charge is 2.34. The van der Waals surface area contributed by atoms with Crippen molar-refractivity contribution in [3.63, 3.8) is 0 Å². The van der Waals surface area contributed by atoms with Crippen LogP contribution in [0.2, 0.25) is 0 Å². The molecule has 112 valence electrons. The SMILES string of the molecule is CN1NC2=C(CC(C3=CCN=NN3)C=C2)C1c1ccncc1. The average Bonchev–Trinajstić information content (AvgIpc) is 2.91. The molecule has 6 heteroatoms. The first-order valence-corrected chi connectivity index (χ1v) is 7.46. The molecule has 4 rings (SSSR count). The number of hydrazine groups is 1. The lowest BCUT2D eigenvalue weighted by molar-refractivity contribution is 0.244. The van der Waals surface area contributed by atoms with Gasteiger partial charge in [0, 0.05) is 36.8 Å². The van der Waals surface area contributed by atoms with E-state index < -0.39 is 0 Å². The van der Waals surface area contributed by atoms with Crippen molar-refractivity contribution >= 4 is 0 Å². The highest BCUT2D eigenvalue weighted by molar-refractivity contribution is 5.42. The van der Waals surface area contributed by atoms with Crippen molar-refractivity contribution in [3.05, 3.63) is 65.3 Å². The van der Waals surface area contributed by atoms with E-state index in [1.807, 2.05) is 12.4 Å². The van der Waals surface area contributed by atoms with Gasteiger partial charge in [0.05, 0.1) is 12.6 Å². The van der Waals surface area contributed by atoms with Crippen LogP contribution in [0.1, 0.15) is 18.0 Å². The van der Waals surface area contributed by atoms with E-state index in [0.29, 0.717) is 12.5 Å². The lowest BCUT2D eigenvalue weighted by Crippen LogP contribution is -2.30. The predicted molar refractivity (Wildman–Crippen MR) is 83.1 cm³/mol. The Hall–Kier alpha value is -2.47. The topological polar surface area (TPSA) is 64.9 Å². The highest BCUT2D eigenvalue weighted by Crippen LogP contribution is 2.41. The zero-order valence-electron chi connectivity index (χ0n) is 12.4. The molecule has 0 bridgehead atoms. The first-order valence-electron chi connectivity index (χ1n) is 7.46. The van der Waals surface area contributed by atoms with Crippen LogP contribution in [0.25, 0.3) is 0 Å². The van der Waals surface area contributed by atoms with Gasteiger partial charge >= 0.3 is 0 Å². The maximum absolute atomic E-state index is 4.12. The number of rotatable bonds is 2. The Morgan fingerprint density at radius 2 is 2.14 bits per heavy atom. The van der Waals surface area contributed by atoms with Gasteiger partial charge in [0.2, 0.25) is 0 Å². The number of aromatic nitrogens is 1. The zero-order valence-corrected chi connectivity index (χ0v) is 12.4. The summed E-state index contributed by atoms with van der Waals surface area (Å²) in [5.74, 6) is 0.329. The van der Waals surface area contributed by atoms with Crippen LogP contribution in [0.15, 0.2) is 70.1 Å². The first kappa shape index (κ1) is 13.2. The van der Waals surface area contributed by atoms with Gasteiger partial charge in [0.1, 0.15) is 0 Å². The monoisotopic (exact) mass is 294 g/mol. The Bertz CT molecular complexity index is 688. The van der Waals surface area contributed by atoms with Crippen molar-refractivity contribution in [2.45, 2.75) is 12.5 Å². The predicted octanol–water partition coefficient (Wildman–Crippen LogP) is 2.26. The van der Waals surface area contributed by atoms with Crippen LogP contribution in [0.3, 0.4) is 0 Å². The van der Waals surface area contributed by atoms with E-state index >= 15 is 0 Å². The van der Waals surface area contributed by atoms with Gasteiger partial charge in [-0.3, -0.25) is 10.4 Å². The minimum absolute atomic E-state index is 0.247. The van der Waals surface area contributed by atoms with Gasteiger partial charge in [0.25, 0.3) is 0 Å². The molecule has 2 N–H and O–H groups in total. The van der Waals surface area contributed by atoms with E-state index in [-0.39, 0.29) is 6.04 Å². The van der Waals surface area contributed by atoms with Crippen LogP contribution < -0.4 is 10.9 Å². The van der Waals surface area contributed by atoms with E-state index in [1.165, 1.54) is 16.8 Å². The molecular formula is C16H18N6. The number of hydrogen-bond donors (Lipinski definition) is 2. The fourth-order valence-electron chi connectivity index (χ4n) is 3.33. The second-order valence-corrected chi connectivity index (χ2v) is 5.71. The van der Waals surface area contributed by atoms with Gasteiger partial charge in [-0.2, -0.15) is 5.11 Å². The molecule has 0 amide bonds. The van der Waals surface area contributed by atoms with E-state index in [0.717, 1.165) is 12.1 Å². The third-order valence-corrected chi connectivity index (χ3v) is 4.36. The molecule has 0 fully saturated rings. The zero-order chi connectivity index (χ0) is 14.9. The lowest BCUT2D eigenvalue weighted by atomic mass is 9.85. The van der Waals surface area contributed by atoms with E-state index in [1.54, 1.807) is 0 Å². The van der Waals surface area contributed by atoms with Crippen LogP contribution in [-0.2, 0) is 0 Å². The molecular weight excluding hydrogens is 276 g/mol. The smallest absolute Gasteiger partial charge is 0.0821 e. The third kappa shape index (κ3) is 2.21. The molecule has 0 saturated carbocycles. The Balaban J connectivity index is 1.62. The summed E-state index contributed by atoms with van der Waals surface area (Å²) in [5.41, 5.74) is 11.5. The molecule has 1 aromatic heterocycles. The molecule has 0 saturated heterocycles. The lowest BCUT2D eigenvalue weighted by Gasteiger charge is -2.26. The van der Waals surface area contributed by atoms with E-state index in [4.69, 9.17) is 0 Å². The van der Waals surface area contributed by atoms with Crippen LogP contribution >= 0.6 is 0 Å². The Morgan fingerprint density at radius 3 is 2.91 bits per heavy atom. The van der Waals surface area contributed by atoms with Crippen LogP contribution in [0.5, 0.6) is 0 Å². The highest BCUT2D eigenvalue weighted by atomic mass is 15.5. The molecule has 0 aromatic carbocycles. The van der Waals surface area contributed by atoms with Gasteiger partial charge in [-0.25, -0.2) is 5.01 Å². The quantitative estimate of drug-likeness (QED) is 0.878. The largest absolute Gasteiger partial charge is 0.318 e. The van der Waals surface area contributed by atoms with Gasteiger partial charge < -0.3 is 5.43 Å². The molecule has 1 aromatic rings. The Kier molecular flexibility index (Phi) is 3.23. The van der Waals surface area contributed by atoms with Crippen molar-refractivity contribution in [1.29, 1.82) is 0 Å². The standard InChI is InChI=1S/C16H18N6/c1-22-16(11-4-7-17-8-5-11)13-10-12(2-3-15(13)20-22)14-6-9-18-21-19-14/h2-8,12,16,20H,9-10H2,1H3,(H,18,19). The van der Waals surface area contributed by atoms with Crippen molar-refractivity contribution < 1.29 is 0 Å². The van der Waals surface area contributed by atoms with Gasteiger partial charge in [-0.15, -0.1) is 0 Å². The summed E-state index contributed by atoms with van der Waals surface area (Å²) in [6.07, 6.45) is 11.2. The second-order valence-electron chi connectivity index (χ2n) is 5.71. The van der Waals surface area contributed by atoms with Crippen LogP contribution in [0.4, 0.5) is 0 Å². The molecule has 2 unspecified atom stereocenters. The van der Waals surface area contributed by atoms with E-state index in [9.17, 15) is 0 Å². The van der Waals surface area contributed by atoms with Crippen molar-refractivity contribution in [2.24, 2.45) is 16.3 Å². The second kappa shape index (κ2) is 5.38. The minimum atomic E-state index is 0.247. The molecule has 1 aliphatic carbocycles. The van der Waals surface area contributed by atoms with Crippen LogP contribution in [0, 0.1) is 5.92 Å². The molecule has 22 heavy (non-hydrogen) atoms. The number of pyridine rings is 1. The molecule has 0 radical (unpaired) electrons. The van der Waals surface area contributed by atoms with Crippen molar-refractivity contribution in [2.75, 3.05) is 13.6 Å². The normalized spacial score (nSPS) is 27.2. The number of likely N-dealkylation sites (N-methyl/N-ethyl adjacent to an activating group) is 1. The third-order valence-electron chi connectivity index (χ3n) is 4.36. The van der Waals surface area contributed by atoms with Crippen LogP contribution in [-0.4, -0.2) is 23.6 Å². The van der Waals surface area contributed by atoms with E-state index in [2.05, 4.69) is 68.6 Å². The maximum atomic E-state index is 4.12. The maximum Gasteiger partial charge on any atom is 0.0821 e. The summed E-state index contributed by atoms with van der Waals surface area (Å²) >= 11 is 0. The fourth-order valence-corrected chi connectivity index (χ4v) is 3.33. The summed E-state index contributed by atoms with van der Waals surface area (Å²) in [6.45, 7) is 0.657. The van der Waals surface area contributed by atoms with Crippen molar-refractivity contribution in [1.82, 2.24) is 20.8 Å². The molecule has 2 atom stereocenters. The van der Waals surface area contributed by atoms with Gasteiger partial charge in [-0.05, 0) is 41.8 Å². The van der Waals surface area contributed by atoms with Crippen molar-refractivity contribution in [3.8, 4) is 0 Å². The summed E-state index contributed by atoms with van der Waals surface area (Å²) in [4.78, 5) is 4.12. The number of hydrogen-bond acceptors (Lipinski definition) is 6. The Morgan fingerprint density at radius 1 is 1.27 bits per heavy atom. The summed E-state index contributed by atoms with van der Waals surface area (Å²) in [5, 5.41) is 10.0. The first-order chi connectivity index (χ1) is 10.8. The summed E-state index contributed by atoms with van der Waals surface area (Å²) in [6, 6.07) is 4.41. The fraction of sp³-hybridized carbons (Fsp3) is 0.312. The number of nitrogens with zero attached hydrogens (tertiary/aromatic N) is 4.